The average molecular weight is 545 g/mol. The summed E-state index contributed by atoms with van der Waals surface area (Å²) >= 11 is 0. The average Bonchev–Trinajstić information content (AvgIpc) is 3.69. The predicted octanol–water partition coefficient (Wildman–Crippen LogP) is 3.62. The molecule has 1 saturated carbocycles. The molecule has 4 atom stereocenters. The second-order valence-corrected chi connectivity index (χ2v) is 12.3. The zero-order valence-corrected chi connectivity index (χ0v) is 22.5. The molecule has 2 fully saturated rings. The van der Waals surface area contributed by atoms with Crippen molar-refractivity contribution in [3.8, 4) is 11.5 Å². The minimum Gasteiger partial charge on any atom is -0.486 e. The van der Waals surface area contributed by atoms with E-state index >= 15 is 0 Å². The Labute approximate surface area is 222 Å². The molecule has 3 aliphatic rings. The van der Waals surface area contributed by atoms with Gasteiger partial charge >= 0.3 is 11.9 Å². The van der Waals surface area contributed by atoms with Crippen molar-refractivity contribution in [3.63, 3.8) is 0 Å². The van der Waals surface area contributed by atoms with Crippen LogP contribution in [0.15, 0.2) is 36.4 Å². The highest BCUT2D eigenvalue weighted by atomic mass is 32.2. The summed E-state index contributed by atoms with van der Waals surface area (Å²) < 4.78 is 53.5. The molecule has 2 aromatic carbocycles. The van der Waals surface area contributed by atoms with E-state index in [0.717, 1.165) is 36.0 Å². The van der Waals surface area contributed by atoms with Gasteiger partial charge in [-0.1, -0.05) is 24.3 Å². The molecule has 5 rings (SSSR count). The lowest BCUT2D eigenvalue weighted by Gasteiger charge is -2.40. The smallest absolute Gasteiger partial charge is 0.303 e. The summed E-state index contributed by atoms with van der Waals surface area (Å²) in [5.41, 5.74) is 2.77. The van der Waals surface area contributed by atoms with Gasteiger partial charge in [0.25, 0.3) is 0 Å². The molecule has 1 saturated heterocycles. The Hall–Kier alpha value is -3.11. The molecule has 1 aliphatic carbocycles. The molecule has 0 bridgehead atoms. The first-order valence-electron chi connectivity index (χ1n) is 12.8. The molecular weight excluding hydrogens is 512 g/mol. The fourth-order valence-electron chi connectivity index (χ4n) is 5.18. The molecule has 0 amide bonds. The van der Waals surface area contributed by atoms with Gasteiger partial charge in [-0.25, -0.2) is 8.42 Å². The number of hydrogen-bond donors (Lipinski definition) is 0. The Kier molecular flexibility index (Phi) is 7.37. The van der Waals surface area contributed by atoms with Gasteiger partial charge in [0.05, 0.1) is 0 Å². The second kappa shape index (κ2) is 10.6. The van der Waals surface area contributed by atoms with Crippen LogP contribution in [0.2, 0.25) is 0 Å². The molecule has 0 spiro atoms. The molecule has 38 heavy (non-hydrogen) atoms. The summed E-state index contributed by atoms with van der Waals surface area (Å²) in [6.45, 7) is 3.52. The third-order valence-electron chi connectivity index (χ3n) is 7.00. The third-order valence-corrected chi connectivity index (χ3v) is 8.26. The standard InChI is InChI=1S/C28H32O9S/c1-16(29)35-25-15-26(38(3,31)32)37-27(28(25)36-17(2)30)20-7-8-22(19-5-6-19)21(14-20)12-18-4-9-23-24(13-18)34-11-10-33-23/h4,7-9,13-14,19,25-28H,5-6,10-12,15H2,1-3H3/t25-,26-,27+,28+/m1/s1. The topological polar surface area (TPSA) is 114 Å². The largest absolute Gasteiger partial charge is 0.486 e. The van der Waals surface area contributed by atoms with Crippen LogP contribution in [0.5, 0.6) is 11.5 Å². The first-order chi connectivity index (χ1) is 18.1. The number of sulfone groups is 1. The van der Waals surface area contributed by atoms with Gasteiger partial charge in [0, 0.05) is 26.5 Å². The van der Waals surface area contributed by atoms with Crippen molar-refractivity contribution in [2.45, 2.75) is 69.2 Å². The van der Waals surface area contributed by atoms with Gasteiger partial charge in [-0.15, -0.1) is 0 Å². The number of fused-ring (bicyclic) bond motifs is 1. The van der Waals surface area contributed by atoms with Crippen molar-refractivity contribution in [2.24, 2.45) is 0 Å². The summed E-state index contributed by atoms with van der Waals surface area (Å²) in [6.07, 6.45) is 0.866. The van der Waals surface area contributed by atoms with E-state index in [1.807, 2.05) is 36.4 Å². The van der Waals surface area contributed by atoms with Gasteiger partial charge in [-0.3, -0.25) is 9.59 Å². The van der Waals surface area contributed by atoms with Crippen LogP contribution >= 0.6 is 0 Å². The van der Waals surface area contributed by atoms with Gasteiger partial charge in [0.15, 0.2) is 32.9 Å². The Morgan fingerprint density at radius 1 is 0.947 bits per heavy atom. The number of carbonyl (C=O) groups excluding carboxylic acids is 2. The van der Waals surface area contributed by atoms with Gasteiger partial charge in [-0.2, -0.15) is 0 Å². The lowest BCUT2D eigenvalue weighted by atomic mass is 9.90. The third kappa shape index (κ3) is 5.96. The number of carbonyl (C=O) groups is 2. The van der Waals surface area contributed by atoms with E-state index in [2.05, 4.69) is 0 Å². The number of hydrogen-bond acceptors (Lipinski definition) is 9. The van der Waals surface area contributed by atoms with E-state index in [4.69, 9.17) is 23.7 Å². The van der Waals surface area contributed by atoms with E-state index in [1.54, 1.807) is 0 Å². The van der Waals surface area contributed by atoms with Crippen LogP contribution in [-0.2, 0) is 40.1 Å². The Morgan fingerprint density at radius 3 is 2.32 bits per heavy atom. The minimum atomic E-state index is -3.65. The SMILES string of the molecule is CC(=O)O[C@H]1[C@H](OC(C)=O)C[C@@H](S(C)(=O)=O)O[C@H]1c1ccc(C2CC2)c(Cc2ccc3c(c2)OCCO3)c1. The highest BCUT2D eigenvalue weighted by molar-refractivity contribution is 7.91. The molecule has 0 unspecified atom stereocenters. The molecule has 0 radical (unpaired) electrons. The maximum Gasteiger partial charge on any atom is 0.303 e. The summed E-state index contributed by atoms with van der Waals surface area (Å²) in [5.74, 6) is 0.724. The van der Waals surface area contributed by atoms with Crippen LogP contribution in [0.3, 0.4) is 0 Å². The molecule has 204 valence electrons. The van der Waals surface area contributed by atoms with Gasteiger partial charge in [-0.05, 0) is 59.6 Å². The van der Waals surface area contributed by atoms with Crippen molar-refractivity contribution in [2.75, 3.05) is 19.5 Å². The normalized spacial score (nSPS) is 24.9. The summed E-state index contributed by atoms with van der Waals surface area (Å²) in [6, 6.07) is 11.8. The van der Waals surface area contributed by atoms with E-state index in [1.165, 1.54) is 19.4 Å². The maximum absolute atomic E-state index is 12.5. The maximum atomic E-state index is 12.5. The Bertz CT molecular complexity index is 1330. The number of ether oxygens (including phenoxy) is 5. The van der Waals surface area contributed by atoms with E-state index in [0.29, 0.717) is 36.9 Å². The summed E-state index contributed by atoms with van der Waals surface area (Å²) in [5, 5.41) is 0. The first-order valence-corrected chi connectivity index (χ1v) is 14.7. The molecular formula is C28H32O9S. The molecule has 9 nitrogen and oxygen atoms in total. The van der Waals surface area contributed by atoms with Crippen LogP contribution in [0.4, 0.5) is 0 Å². The number of benzene rings is 2. The minimum absolute atomic E-state index is 0.128. The van der Waals surface area contributed by atoms with Crippen molar-refractivity contribution in [1.29, 1.82) is 0 Å². The van der Waals surface area contributed by atoms with Crippen LogP contribution in [0.25, 0.3) is 0 Å². The molecule has 10 heteroatoms. The van der Waals surface area contributed by atoms with Crippen molar-refractivity contribution >= 4 is 21.8 Å². The molecule has 0 N–H and O–H groups in total. The predicted molar refractivity (Wildman–Crippen MR) is 137 cm³/mol. The van der Waals surface area contributed by atoms with Gasteiger partial charge < -0.3 is 23.7 Å². The number of rotatable bonds is 7. The molecule has 2 aliphatic heterocycles. The fourth-order valence-corrected chi connectivity index (χ4v) is 6.04. The van der Waals surface area contributed by atoms with Crippen LogP contribution in [-0.4, -0.2) is 57.5 Å². The zero-order valence-electron chi connectivity index (χ0n) is 21.7. The Balaban J connectivity index is 1.52. The van der Waals surface area contributed by atoms with Crippen LogP contribution < -0.4 is 9.47 Å². The molecule has 2 heterocycles. The van der Waals surface area contributed by atoms with Gasteiger partial charge in [0.1, 0.15) is 25.4 Å². The van der Waals surface area contributed by atoms with E-state index in [-0.39, 0.29) is 6.42 Å². The second-order valence-electron chi connectivity index (χ2n) is 10.2. The lowest BCUT2D eigenvalue weighted by Crippen LogP contribution is -2.49. The summed E-state index contributed by atoms with van der Waals surface area (Å²) in [4.78, 5) is 23.9. The summed E-state index contributed by atoms with van der Waals surface area (Å²) in [7, 11) is -3.65. The lowest BCUT2D eigenvalue weighted by molar-refractivity contribution is -0.199. The van der Waals surface area contributed by atoms with Crippen LogP contribution in [0.1, 0.15) is 67.4 Å². The number of esters is 2. The highest BCUT2D eigenvalue weighted by Crippen LogP contribution is 2.44. The fraction of sp³-hybridized carbons (Fsp3) is 0.500. The molecule has 0 aromatic heterocycles. The van der Waals surface area contributed by atoms with Crippen molar-refractivity contribution in [3.05, 3.63) is 58.7 Å². The van der Waals surface area contributed by atoms with Crippen LogP contribution in [0, 0.1) is 0 Å². The zero-order chi connectivity index (χ0) is 27.0. The van der Waals surface area contributed by atoms with E-state index < -0.39 is 45.5 Å². The van der Waals surface area contributed by atoms with Crippen molar-refractivity contribution in [1.82, 2.24) is 0 Å². The van der Waals surface area contributed by atoms with Gasteiger partial charge in [0.2, 0.25) is 0 Å². The first kappa shape index (κ1) is 26.5. The van der Waals surface area contributed by atoms with E-state index in [9.17, 15) is 18.0 Å². The monoisotopic (exact) mass is 544 g/mol. The van der Waals surface area contributed by atoms with Crippen molar-refractivity contribution < 1.29 is 41.7 Å². The molecule has 2 aromatic rings. The Morgan fingerprint density at radius 2 is 1.66 bits per heavy atom. The quantitative estimate of drug-likeness (QED) is 0.482. The highest BCUT2D eigenvalue weighted by Gasteiger charge is 2.47.